The number of benzene rings is 2. The van der Waals surface area contributed by atoms with Crippen LogP contribution in [0.2, 0.25) is 0 Å². The molecule has 0 aliphatic heterocycles. The SMILES string of the molecule is N#Cc1c(N)n(CCNC(=O)c2cccc(Br)c2)c2nc3ccccc3nc12. The third-order valence-corrected chi connectivity index (χ3v) is 4.90. The van der Waals surface area contributed by atoms with E-state index >= 15 is 0 Å². The third kappa shape index (κ3) is 3.17. The van der Waals surface area contributed by atoms with Gasteiger partial charge in [-0.3, -0.25) is 4.79 Å². The van der Waals surface area contributed by atoms with Crippen molar-refractivity contribution in [3.8, 4) is 6.07 Å². The van der Waals surface area contributed by atoms with Crippen LogP contribution in [0.5, 0.6) is 0 Å². The number of nitriles is 1. The second kappa shape index (κ2) is 7.29. The zero-order chi connectivity index (χ0) is 19.7. The van der Waals surface area contributed by atoms with Gasteiger partial charge in [-0.15, -0.1) is 0 Å². The number of hydrogen-bond acceptors (Lipinski definition) is 5. The first kappa shape index (κ1) is 17.9. The van der Waals surface area contributed by atoms with E-state index < -0.39 is 0 Å². The zero-order valence-electron chi connectivity index (χ0n) is 14.7. The molecule has 8 heteroatoms. The number of carbonyl (C=O) groups excluding carboxylic acids is 1. The van der Waals surface area contributed by atoms with Gasteiger partial charge in [0.2, 0.25) is 0 Å². The lowest BCUT2D eigenvalue weighted by Crippen LogP contribution is -2.27. The minimum absolute atomic E-state index is 0.187. The molecule has 0 bridgehead atoms. The molecule has 4 aromatic rings. The van der Waals surface area contributed by atoms with Crippen LogP contribution in [0.3, 0.4) is 0 Å². The molecule has 0 spiro atoms. The van der Waals surface area contributed by atoms with Crippen LogP contribution in [0.15, 0.2) is 53.0 Å². The number of para-hydroxylation sites is 2. The number of nitrogens with one attached hydrogen (secondary N) is 1. The Bertz CT molecular complexity index is 1260. The van der Waals surface area contributed by atoms with E-state index in [2.05, 4.69) is 37.3 Å². The van der Waals surface area contributed by atoms with Gasteiger partial charge in [0.1, 0.15) is 23.0 Å². The van der Waals surface area contributed by atoms with Gasteiger partial charge in [-0.1, -0.05) is 34.1 Å². The molecule has 0 aliphatic carbocycles. The van der Waals surface area contributed by atoms with E-state index in [4.69, 9.17) is 5.73 Å². The maximum atomic E-state index is 12.3. The van der Waals surface area contributed by atoms with Crippen LogP contribution in [0.1, 0.15) is 15.9 Å². The molecule has 138 valence electrons. The van der Waals surface area contributed by atoms with Crippen LogP contribution in [-0.2, 0) is 6.54 Å². The topological polar surface area (TPSA) is 110 Å². The van der Waals surface area contributed by atoms with Crippen molar-refractivity contribution in [3.05, 3.63) is 64.1 Å². The number of hydrogen-bond donors (Lipinski definition) is 2. The van der Waals surface area contributed by atoms with Crippen LogP contribution >= 0.6 is 15.9 Å². The predicted octanol–water partition coefficient (Wildman–Crippen LogP) is 3.23. The molecule has 2 heterocycles. The lowest BCUT2D eigenvalue weighted by Gasteiger charge is -2.09. The van der Waals surface area contributed by atoms with Crippen molar-refractivity contribution in [1.82, 2.24) is 19.9 Å². The van der Waals surface area contributed by atoms with Crippen molar-refractivity contribution in [2.45, 2.75) is 6.54 Å². The Labute approximate surface area is 168 Å². The van der Waals surface area contributed by atoms with Crippen LogP contribution in [0.25, 0.3) is 22.2 Å². The first-order chi connectivity index (χ1) is 13.6. The molecule has 0 atom stereocenters. The smallest absolute Gasteiger partial charge is 0.251 e. The summed E-state index contributed by atoms with van der Waals surface area (Å²) in [5, 5.41) is 12.4. The average molecular weight is 435 g/mol. The van der Waals surface area contributed by atoms with Gasteiger partial charge in [-0.05, 0) is 30.3 Å². The molecule has 3 N–H and O–H groups in total. The largest absolute Gasteiger partial charge is 0.384 e. The average Bonchev–Trinajstić information content (AvgIpc) is 2.96. The molecule has 0 aliphatic rings. The van der Waals surface area contributed by atoms with Gasteiger partial charge in [0, 0.05) is 23.1 Å². The number of halogens is 1. The highest BCUT2D eigenvalue weighted by atomic mass is 79.9. The zero-order valence-corrected chi connectivity index (χ0v) is 16.3. The molecule has 7 nitrogen and oxygen atoms in total. The van der Waals surface area contributed by atoms with Gasteiger partial charge >= 0.3 is 0 Å². The highest BCUT2D eigenvalue weighted by Gasteiger charge is 2.18. The molecule has 2 aromatic carbocycles. The summed E-state index contributed by atoms with van der Waals surface area (Å²) in [6.07, 6.45) is 0. The summed E-state index contributed by atoms with van der Waals surface area (Å²) in [4.78, 5) is 21.5. The Morgan fingerprint density at radius 1 is 1.18 bits per heavy atom. The summed E-state index contributed by atoms with van der Waals surface area (Å²) in [5.74, 6) is 0.109. The first-order valence-corrected chi connectivity index (χ1v) is 9.36. The number of carbonyl (C=O) groups is 1. The second-order valence-corrected chi connectivity index (χ2v) is 7.09. The minimum Gasteiger partial charge on any atom is -0.384 e. The van der Waals surface area contributed by atoms with E-state index in [1.54, 1.807) is 22.8 Å². The van der Waals surface area contributed by atoms with Crippen molar-refractivity contribution < 1.29 is 4.79 Å². The number of aromatic nitrogens is 3. The van der Waals surface area contributed by atoms with Gasteiger partial charge in [-0.25, -0.2) is 9.97 Å². The maximum absolute atomic E-state index is 12.3. The molecule has 28 heavy (non-hydrogen) atoms. The van der Waals surface area contributed by atoms with Crippen molar-refractivity contribution >= 4 is 49.9 Å². The lowest BCUT2D eigenvalue weighted by atomic mass is 10.2. The van der Waals surface area contributed by atoms with E-state index in [0.29, 0.717) is 46.7 Å². The van der Waals surface area contributed by atoms with Crippen LogP contribution in [-0.4, -0.2) is 27.0 Å². The first-order valence-electron chi connectivity index (χ1n) is 8.57. The molecule has 0 unspecified atom stereocenters. The van der Waals surface area contributed by atoms with Crippen molar-refractivity contribution in [2.75, 3.05) is 12.3 Å². The Morgan fingerprint density at radius 3 is 2.64 bits per heavy atom. The summed E-state index contributed by atoms with van der Waals surface area (Å²) in [5.41, 5.74) is 9.46. The molecule has 2 aromatic heterocycles. The summed E-state index contributed by atoms with van der Waals surface area (Å²) < 4.78 is 2.55. The van der Waals surface area contributed by atoms with E-state index in [9.17, 15) is 10.1 Å². The second-order valence-electron chi connectivity index (χ2n) is 6.17. The quantitative estimate of drug-likeness (QED) is 0.512. The van der Waals surface area contributed by atoms with Crippen molar-refractivity contribution in [3.63, 3.8) is 0 Å². The standard InChI is InChI=1S/C20H15BrN6O/c21-13-5-3-4-12(10-13)20(28)24-8-9-27-18(23)14(11-22)17-19(27)26-16-7-2-1-6-15(16)25-17/h1-7,10H,8-9,23H2,(H,24,28). The minimum atomic E-state index is -0.187. The normalized spacial score (nSPS) is 10.9. The maximum Gasteiger partial charge on any atom is 0.251 e. The van der Waals surface area contributed by atoms with Gasteiger partial charge in [0.15, 0.2) is 5.65 Å². The Morgan fingerprint density at radius 2 is 1.93 bits per heavy atom. The lowest BCUT2D eigenvalue weighted by molar-refractivity contribution is 0.0952. The van der Waals surface area contributed by atoms with Gasteiger partial charge in [0.25, 0.3) is 5.91 Å². The highest BCUT2D eigenvalue weighted by molar-refractivity contribution is 9.10. The summed E-state index contributed by atoms with van der Waals surface area (Å²) in [6, 6.07) is 16.7. The number of nitrogens with two attached hydrogens (primary N) is 1. The number of rotatable bonds is 4. The molecule has 0 saturated carbocycles. The Kier molecular flexibility index (Phi) is 4.67. The van der Waals surface area contributed by atoms with Crippen LogP contribution in [0, 0.1) is 11.3 Å². The fourth-order valence-electron chi connectivity index (χ4n) is 3.07. The van der Waals surface area contributed by atoms with Crippen LogP contribution in [0.4, 0.5) is 5.82 Å². The van der Waals surface area contributed by atoms with Crippen molar-refractivity contribution in [1.29, 1.82) is 5.26 Å². The fraction of sp³-hybridized carbons (Fsp3) is 0.100. The molecule has 1 amide bonds. The number of anilines is 1. The molecular formula is C20H15BrN6O. The number of fused-ring (bicyclic) bond motifs is 2. The summed E-state index contributed by atoms with van der Waals surface area (Å²) in [6.45, 7) is 0.704. The van der Waals surface area contributed by atoms with Gasteiger partial charge in [0.05, 0.1) is 11.0 Å². The summed E-state index contributed by atoms with van der Waals surface area (Å²) >= 11 is 3.36. The molecule has 0 saturated heterocycles. The third-order valence-electron chi connectivity index (χ3n) is 4.41. The highest BCUT2D eigenvalue weighted by Crippen LogP contribution is 2.26. The molecule has 0 fully saturated rings. The van der Waals surface area contributed by atoms with Crippen molar-refractivity contribution in [2.24, 2.45) is 0 Å². The van der Waals surface area contributed by atoms with E-state index in [1.807, 2.05) is 30.3 Å². The Balaban J connectivity index is 1.63. The van der Waals surface area contributed by atoms with Gasteiger partial charge < -0.3 is 15.6 Å². The molecular weight excluding hydrogens is 420 g/mol. The van der Waals surface area contributed by atoms with Crippen LogP contribution < -0.4 is 11.1 Å². The summed E-state index contributed by atoms with van der Waals surface area (Å²) in [7, 11) is 0. The number of nitrogen functional groups attached to an aromatic ring is 1. The Hall–Kier alpha value is -3.44. The number of amides is 1. The van der Waals surface area contributed by atoms with E-state index in [-0.39, 0.29) is 5.91 Å². The fourth-order valence-corrected chi connectivity index (χ4v) is 3.47. The molecule has 0 radical (unpaired) electrons. The van der Waals surface area contributed by atoms with Gasteiger partial charge in [-0.2, -0.15) is 5.26 Å². The monoisotopic (exact) mass is 434 g/mol. The van der Waals surface area contributed by atoms with E-state index in [0.717, 1.165) is 9.99 Å². The van der Waals surface area contributed by atoms with E-state index in [1.165, 1.54) is 0 Å². The number of nitrogens with zero attached hydrogens (tertiary/aromatic N) is 4. The molecule has 4 rings (SSSR count). The predicted molar refractivity (Wildman–Crippen MR) is 111 cm³/mol.